The zero-order valence-electron chi connectivity index (χ0n) is 11.0. The highest BCUT2D eigenvalue weighted by atomic mass is 35.5. The van der Waals surface area contributed by atoms with Gasteiger partial charge in [0.05, 0.1) is 10.0 Å². The fourth-order valence-electron chi connectivity index (χ4n) is 2.41. The fraction of sp³-hybridized carbons (Fsp3) is 0.500. The van der Waals surface area contributed by atoms with Gasteiger partial charge >= 0.3 is 0 Å². The highest BCUT2D eigenvalue weighted by Gasteiger charge is 2.22. The fourth-order valence-corrected chi connectivity index (χ4v) is 2.73. The molecule has 0 spiro atoms. The van der Waals surface area contributed by atoms with Crippen LogP contribution in [-0.4, -0.2) is 30.4 Å². The maximum atomic E-state index is 10.9. The molecule has 104 valence electrons. The van der Waals surface area contributed by atoms with Gasteiger partial charge in [-0.2, -0.15) is 0 Å². The van der Waals surface area contributed by atoms with Crippen LogP contribution in [0.1, 0.15) is 18.9 Å². The number of hydrogen-bond donors (Lipinski definition) is 1. The van der Waals surface area contributed by atoms with E-state index in [-0.39, 0.29) is 5.91 Å². The third kappa shape index (κ3) is 4.37. The SMILES string of the molecule is CC(=O)NCC1CCN(Cc2ccc(Cl)c(Cl)c2)C1. The standard InChI is InChI=1S/C14H18Cl2N2O/c1-10(19)17-7-12-4-5-18(9-12)8-11-2-3-13(15)14(16)6-11/h2-3,6,12H,4-5,7-9H2,1H3,(H,17,19). The normalized spacial score (nSPS) is 19.6. The van der Waals surface area contributed by atoms with Gasteiger partial charge in [0, 0.05) is 26.6 Å². The first kappa shape index (κ1) is 14.6. The minimum atomic E-state index is 0.0444. The lowest BCUT2D eigenvalue weighted by Gasteiger charge is -2.16. The molecule has 1 aliphatic rings. The van der Waals surface area contributed by atoms with Gasteiger partial charge < -0.3 is 5.32 Å². The number of nitrogens with one attached hydrogen (secondary N) is 1. The molecular weight excluding hydrogens is 283 g/mol. The van der Waals surface area contributed by atoms with Gasteiger partial charge in [0.2, 0.25) is 5.91 Å². The largest absolute Gasteiger partial charge is 0.356 e. The molecule has 2 rings (SSSR count). The highest BCUT2D eigenvalue weighted by molar-refractivity contribution is 6.42. The number of rotatable bonds is 4. The number of carbonyl (C=O) groups excluding carboxylic acids is 1. The molecule has 5 heteroatoms. The van der Waals surface area contributed by atoms with Crippen LogP contribution in [0.25, 0.3) is 0 Å². The van der Waals surface area contributed by atoms with Crippen molar-refractivity contribution in [2.45, 2.75) is 19.9 Å². The summed E-state index contributed by atoms with van der Waals surface area (Å²) in [5.41, 5.74) is 1.18. The van der Waals surface area contributed by atoms with E-state index >= 15 is 0 Å². The Balaban J connectivity index is 1.84. The number of nitrogens with zero attached hydrogens (tertiary/aromatic N) is 1. The third-order valence-electron chi connectivity index (χ3n) is 3.40. The monoisotopic (exact) mass is 300 g/mol. The molecule has 0 radical (unpaired) electrons. The molecule has 1 amide bonds. The summed E-state index contributed by atoms with van der Waals surface area (Å²) in [5.74, 6) is 0.592. The lowest BCUT2D eigenvalue weighted by atomic mass is 10.1. The predicted molar refractivity (Wildman–Crippen MR) is 78.5 cm³/mol. The average molecular weight is 301 g/mol. The van der Waals surface area contributed by atoms with Crippen LogP contribution in [0.4, 0.5) is 0 Å². The van der Waals surface area contributed by atoms with Gasteiger partial charge in [-0.3, -0.25) is 9.69 Å². The molecule has 0 bridgehead atoms. The van der Waals surface area contributed by atoms with E-state index in [1.165, 1.54) is 5.56 Å². The van der Waals surface area contributed by atoms with Crippen LogP contribution >= 0.6 is 23.2 Å². The van der Waals surface area contributed by atoms with Crippen LogP contribution < -0.4 is 5.32 Å². The minimum absolute atomic E-state index is 0.0444. The maximum absolute atomic E-state index is 10.9. The summed E-state index contributed by atoms with van der Waals surface area (Å²) < 4.78 is 0. The van der Waals surface area contributed by atoms with E-state index in [1.807, 2.05) is 18.2 Å². The van der Waals surface area contributed by atoms with Crippen molar-refractivity contribution < 1.29 is 4.79 Å². The quantitative estimate of drug-likeness (QED) is 0.927. The van der Waals surface area contributed by atoms with Gasteiger partial charge in [-0.05, 0) is 36.6 Å². The Morgan fingerprint density at radius 1 is 1.42 bits per heavy atom. The van der Waals surface area contributed by atoms with Crippen LogP contribution in [-0.2, 0) is 11.3 Å². The van der Waals surface area contributed by atoms with Crippen molar-refractivity contribution in [3.63, 3.8) is 0 Å². The number of likely N-dealkylation sites (tertiary alicyclic amines) is 1. The molecule has 0 aromatic heterocycles. The summed E-state index contributed by atoms with van der Waals surface area (Å²) in [6.07, 6.45) is 1.13. The smallest absolute Gasteiger partial charge is 0.216 e. The van der Waals surface area contributed by atoms with Crippen LogP contribution in [0.3, 0.4) is 0 Å². The Labute approximate surface area is 123 Å². The van der Waals surface area contributed by atoms with Crippen LogP contribution in [0.15, 0.2) is 18.2 Å². The Hall–Kier alpha value is -0.770. The maximum Gasteiger partial charge on any atom is 0.216 e. The number of hydrogen-bond acceptors (Lipinski definition) is 2. The Bertz CT molecular complexity index is 465. The molecule has 1 atom stereocenters. The van der Waals surface area contributed by atoms with Crippen LogP contribution in [0.5, 0.6) is 0 Å². The third-order valence-corrected chi connectivity index (χ3v) is 4.14. The molecule has 1 aromatic rings. The van der Waals surface area contributed by atoms with E-state index in [9.17, 15) is 4.79 Å². The lowest BCUT2D eigenvalue weighted by Crippen LogP contribution is -2.29. The first-order chi connectivity index (χ1) is 9.04. The number of amides is 1. The molecule has 1 N–H and O–H groups in total. The topological polar surface area (TPSA) is 32.3 Å². The van der Waals surface area contributed by atoms with Crippen molar-refractivity contribution in [3.05, 3.63) is 33.8 Å². The van der Waals surface area contributed by atoms with Gasteiger partial charge in [-0.25, -0.2) is 0 Å². The minimum Gasteiger partial charge on any atom is -0.356 e. The number of carbonyl (C=O) groups is 1. The molecular formula is C14H18Cl2N2O. The van der Waals surface area contributed by atoms with Crippen LogP contribution in [0.2, 0.25) is 10.0 Å². The van der Waals surface area contributed by atoms with Gasteiger partial charge in [0.25, 0.3) is 0 Å². The van der Waals surface area contributed by atoms with Gasteiger partial charge in [-0.15, -0.1) is 0 Å². The van der Waals surface area contributed by atoms with Crippen molar-refractivity contribution in [3.8, 4) is 0 Å². The van der Waals surface area contributed by atoms with Crippen molar-refractivity contribution in [1.82, 2.24) is 10.2 Å². The second-order valence-electron chi connectivity index (χ2n) is 5.08. The summed E-state index contributed by atoms with van der Waals surface area (Å²) >= 11 is 11.9. The first-order valence-electron chi connectivity index (χ1n) is 6.45. The van der Waals surface area contributed by atoms with E-state index in [2.05, 4.69) is 10.2 Å². The van der Waals surface area contributed by atoms with Crippen molar-refractivity contribution in [2.75, 3.05) is 19.6 Å². The summed E-state index contributed by atoms with van der Waals surface area (Å²) in [7, 11) is 0. The molecule has 1 aromatic carbocycles. The molecule has 1 fully saturated rings. The summed E-state index contributed by atoms with van der Waals surface area (Å²) in [4.78, 5) is 13.3. The average Bonchev–Trinajstić information content (AvgIpc) is 2.79. The van der Waals surface area contributed by atoms with E-state index in [0.29, 0.717) is 16.0 Å². The second-order valence-corrected chi connectivity index (χ2v) is 5.89. The number of halogens is 2. The van der Waals surface area contributed by atoms with E-state index in [0.717, 1.165) is 32.6 Å². The van der Waals surface area contributed by atoms with E-state index in [4.69, 9.17) is 23.2 Å². The molecule has 1 heterocycles. The molecule has 1 unspecified atom stereocenters. The summed E-state index contributed by atoms with van der Waals surface area (Å²) in [5, 5.41) is 4.08. The molecule has 0 aliphatic carbocycles. The molecule has 1 saturated heterocycles. The first-order valence-corrected chi connectivity index (χ1v) is 7.21. The van der Waals surface area contributed by atoms with Crippen LogP contribution in [0, 0.1) is 5.92 Å². The van der Waals surface area contributed by atoms with Crippen molar-refractivity contribution >= 4 is 29.1 Å². The highest BCUT2D eigenvalue weighted by Crippen LogP contribution is 2.24. The predicted octanol–water partition coefficient (Wildman–Crippen LogP) is 2.95. The lowest BCUT2D eigenvalue weighted by molar-refractivity contribution is -0.119. The van der Waals surface area contributed by atoms with Gasteiger partial charge in [-0.1, -0.05) is 29.3 Å². The van der Waals surface area contributed by atoms with Gasteiger partial charge in [0.1, 0.15) is 0 Å². The zero-order valence-corrected chi connectivity index (χ0v) is 12.5. The zero-order chi connectivity index (χ0) is 13.8. The Morgan fingerprint density at radius 3 is 2.89 bits per heavy atom. The second kappa shape index (κ2) is 6.60. The summed E-state index contributed by atoms with van der Waals surface area (Å²) in [6.45, 7) is 5.29. The summed E-state index contributed by atoms with van der Waals surface area (Å²) in [6, 6.07) is 5.77. The Kier molecular flexibility index (Phi) is 5.08. The Morgan fingerprint density at radius 2 is 2.21 bits per heavy atom. The molecule has 0 saturated carbocycles. The van der Waals surface area contributed by atoms with Crippen molar-refractivity contribution in [1.29, 1.82) is 0 Å². The molecule has 19 heavy (non-hydrogen) atoms. The van der Waals surface area contributed by atoms with E-state index in [1.54, 1.807) is 6.92 Å². The van der Waals surface area contributed by atoms with Crippen molar-refractivity contribution in [2.24, 2.45) is 5.92 Å². The van der Waals surface area contributed by atoms with E-state index < -0.39 is 0 Å². The number of benzene rings is 1. The van der Waals surface area contributed by atoms with Gasteiger partial charge in [0.15, 0.2) is 0 Å². The molecule has 3 nitrogen and oxygen atoms in total. The molecule has 1 aliphatic heterocycles.